The Morgan fingerprint density at radius 2 is 1.95 bits per heavy atom. The number of fused-ring (bicyclic) bond motifs is 1. The van der Waals surface area contributed by atoms with Crippen LogP contribution in [0, 0.1) is 0 Å². The van der Waals surface area contributed by atoms with Crippen molar-refractivity contribution in [3.63, 3.8) is 0 Å². The summed E-state index contributed by atoms with van der Waals surface area (Å²) < 4.78 is 5.19. The molecule has 0 radical (unpaired) electrons. The van der Waals surface area contributed by atoms with Gasteiger partial charge in [-0.2, -0.15) is 0 Å². The smallest absolute Gasteiger partial charge is 0.246 e. The maximum absolute atomic E-state index is 12.3. The van der Waals surface area contributed by atoms with Gasteiger partial charge in [0.15, 0.2) is 0 Å². The molecule has 1 heterocycles. The molecule has 0 aliphatic carbocycles. The molecule has 0 unspecified atom stereocenters. The van der Waals surface area contributed by atoms with Crippen LogP contribution in [0.1, 0.15) is 16.7 Å². The molecule has 22 heavy (non-hydrogen) atoms. The van der Waals surface area contributed by atoms with Crippen LogP contribution in [-0.2, 0) is 17.8 Å². The minimum Gasteiger partial charge on any atom is -0.497 e. The highest BCUT2D eigenvalue weighted by Crippen LogP contribution is 2.19. The van der Waals surface area contributed by atoms with Gasteiger partial charge in [0.25, 0.3) is 0 Å². The number of methoxy groups -OCH3 is 1. The molecule has 0 bridgehead atoms. The topological polar surface area (TPSA) is 29.5 Å². The minimum atomic E-state index is 0.0531. The number of ether oxygens (including phenoxy) is 1. The third-order valence-corrected chi connectivity index (χ3v) is 3.95. The molecule has 1 aliphatic heterocycles. The molecule has 0 saturated carbocycles. The number of nitrogens with zero attached hydrogens (tertiary/aromatic N) is 1. The monoisotopic (exact) mass is 293 g/mol. The van der Waals surface area contributed by atoms with Gasteiger partial charge in [0, 0.05) is 19.2 Å². The van der Waals surface area contributed by atoms with E-state index in [1.165, 1.54) is 11.1 Å². The molecule has 0 saturated heterocycles. The molecule has 1 aliphatic rings. The molecule has 3 heteroatoms. The summed E-state index contributed by atoms with van der Waals surface area (Å²) in [6.07, 6.45) is 4.41. The van der Waals surface area contributed by atoms with Crippen LogP contribution in [0.2, 0.25) is 0 Å². The SMILES string of the molecule is COc1cccc(C=CC(=O)N2CCc3ccccc3C2)c1. The van der Waals surface area contributed by atoms with Crippen LogP contribution in [0.4, 0.5) is 0 Å². The summed E-state index contributed by atoms with van der Waals surface area (Å²) in [5.74, 6) is 0.846. The molecule has 3 nitrogen and oxygen atoms in total. The summed E-state index contributed by atoms with van der Waals surface area (Å²) in [4.78, 5) is 14.2. The van der Waals surface area contributed by atoms with E-state index in [1.54, 1.807) is 13.2 Å². The van der Waals surface area contributed by atoms with Crippen molar-refractivity contribution in [3.05, 3.63) is 71.3 Å². The van der Waals surface area contributed by atoms with Crippen LogP contribution in [-0.4, -0.2) is 24.5 Å². The first-order chi connectivity index (χ1) is 10.8. The van der Waals surface area contributed by atoms with Crippen molar-refractivity contribution >= 4 is 12.0 Å². The normalized spacial score (nSPS) is 14.0. The first kappa shape index (κ1) is 14.4. The molecule has 0 atom stereocenters. The Bertz CT molecular complexity index is 706. The lowest BCUT2D eigenvalue weighted by molar-refractivity contribution is -0.126. The van der Waals surface area contributed by atoms with Gasteiger partial charge >= 0.3 is 0 Å². The maximum atomic E-state index is 12.3. The molecule has 3 rings (SSSR count). The highest BCUT2D eigenvalue weighted by molar-refractivity contribution is 5.92. The lowest BCUT2D eigenvalue weighted by Crippen LogP contribution is -2.34. The average Bonchev–Trinajstić information content (AvgIpc) is 2.59. The van der Waals surface area contributed by atoms with E-state index in [2.05, 4.69) is 18.2 Å². The van der Waals surface area contributed by atoms with Gasteiger partial charge in [-0.25, -0.2) is 0 Å². The van der Waals surface area contributed by atoms with E-state index in [4.69, 9.17) is 4.74 Å². The minimum absolute atomic E-state index is 0.0531. The number of amides is 1. The third kappa shape index (κ3) is 3.19. The van der Waals surface area contributed by atoms with Gasteiger partial charge in [-0.1, -0.05) is 36.4 Å². The lowest BCUT2D eigenvalue weighted by atomic mass is 10.00. The highest BCUT2D eigenvalue weighted by atomic mass is 16.5. The average molecular weight is 293 g/mol. The van der Waals surface area contributed by atoms with Crippen molar-refractivity contribution in [1.29, 1.82) is 0 Å². The van der Waals surface area contributed by atoms with Crippen molar-refractivity contribution in [3.8, 4) is 5.75 Å². The number of hydrogen-bond acceptors (Lipinski definition) is 2. The fourth-order valence-electron chi connectivity index (χ4n) is 2.70. The number of benzene rings is 2. The molecular weight excluding hydrogens is 274 g/mol. The van der Waals surface area contributed by atoms with Crippen molar-refractivity contribution in [2.45, 2.75) is 13.0 Å². The van der Waals surface area contributed by atoms with Crippen LogP contribution in [0.25, 0.3) is 6.08 Å². The van der Waals surface area contributed by atoms with Gasteiger partial charge in [0.2, 0.25) is 5.91 Å². The zero-order valence-corrected chi connectivity index (χ0v) is 12.7. The summed E-state index contributed by atoms with van der Waals surface area (Å²) in [6.45, 7) is 1.47. The van der Waals surface area contributed by atoms with Crippen LogP contribution in [0.5, 0.6) is 5.75 Å². The largest absolute Gasteiger partial charge is 0.497 e. The van der Waals surface area contributed by atoms with Gasteiger partial charge in [0.05, 0.1) is 7.11 Å². The van der Waals surface area contributed by atoms with E-state index in [0.29, 0.717) is 6.54 Å². The zero-order chi connectivity index (χ0) is 15.4. The third-order valence-electron chi connectivity index (χ3n) is 3.95. The molecule has 112 valence electrons. The number of hydrogen-bond donors (Lipinski definition) is 0. The Kier molecular flexibility index (Phi) is 4.24. The summed E-state index contributed by atoms with van der Waals surface area (Å²) in [5.41, 5.74) is 3.56. The van der Waals surface area contributed by atoms with Gasteiger partial charge < -0.3 is 9.64 Å². The van der Waals surface area contributed by atoms with E-state index in [9.17, 15) is 4.79 Å². The van der Waals surface area contributed by atoms with Gasteiger partial charge in [-0.3, -0.25) is 4.79 Å². The van der Waals surface area contributed by atoms with Crippen LogP contribution >= 0.6 is 0 Å². The quantitative estimate of drug-likeness (QED) is 0.813. The van der Waals surface area contributed by atoms with Crippen LogP contribution < -0.4 is 4.74 Å². The van der Waals surface area contributed by atoms with Crippen LogP contribution in [0.15, 0.2) is 54.6 Å². The second-order valence-electron chi connectivity index (χ2n) is 5.39. The number of rotatable bonds is 3. The molecular formula is C19H19NO2. The standard InChI is InChI=1S/C19H19NO2/c1-22-18-8-4-5-15(13-18)9-10-19(21)20-12-11-16-6-2-3-7-17(16)14-20/h2-10,13H,11-12,14H2,1H3. The molecule has 2 aromatic rings. The van der Waals surface area contributed by atoms with Crippen molar-refractivity contribution in [2.75, 3.05) is 13.7 Å². The maximum Gasteiger partial charge on any atom is 0.246 e. The molecule has 1 amide bonds. The summed E-state index contributed by atoms with van der Waals surface area (Å²) in [7, 11) is 1.64. The fourth-order valence-corrected chi connectivity index (χ4v) is 2.70. The van der Waals surface area contributed by atoms with Gasteiger partial charge in [-0.05, 0) is 41.3 Å². The van der Waals surface area contributed by atoms with Gasteiger partial charge in [-0.15, -0.1) is 0 Å². The second-order valence-corrected chi connectivity index (χ2v) is 5.39. The lowest BCUT2D eigenvalue weighted by Gasteiger charge is -2.27. The van der Waals surface area contributed by atoms with Crippen LogP contribution in [0.3, 0.4) is 0 Å². The van der Waals surface area contributed by atoms with E-state index in [-0.39, 0.29) is 5.91 Å². The fraction of sp³-hybridized carbons (Fsp3) is 0.211. The predicted octanol–water partition coefficient (Wildman–Crippen LogP) is 3.29. The van der Waals surface area contributed by atoms with Crippen molar-refractivity contribution in [1.82, 2.24) is 4.90 Å². The van der Waals surface area contributed by atoms with Gasteiger partial charge in [0.1, 0.15) is 5.75 Å². The van der Waals surface area contributed by atoms with Crippen molar-refractivity contribution < 1.29 is 9.53 Å². The van der Waals surface area contributed by atoms with E-state index in [0.717, 1.165) is 24.3 Å². The summed E-state index contributed by atoms with van der Waals surface area (Å²) in [6, 6.07) is 16.0. The number of carbonyl (C=O) groups excluding carboxylic acids is 1. The molecule has 0 fully saturated rings. The molecule has 0 aromatic heterocycles. The van der Waals surface area contributed by atoms with E-state index < -0.39 is 0 Å². The van der Waals surface area contributed by atoms with Crippen molar-refractivity contribution in [2.24, 2.45) is 0 Å². The summed E-state index contributed by atoms with van der Waals surface area (Å²) >= 11 is 0. The predicted molar refractivity (Wildman–Crippen MR) is 87.6 cm³/mol. The number of carbonyl (C=O) groups is 1. The first-order valence-corrected chi connectivity index (χ1v) is 7.44. The van der Waals surface area contributed by atoms with E-state index >= 15 is 0 Å². The Morgan fingerprint density at radius 3 is 2.77 bits per heavy atom. The molecule has 0 N–H and O–H groups in total. The highest BCUT2D eigenvalue weighted by Gasteiger charge is 2.18. The summed E-state index contributed by atoms with van der Waals surface area (Å²) in [5, 5.41) is 0. The Morgan fingerprint density at radius 1 is 1.14 bits per heavy atom. The molecule has 2 aromatic carbocycles. The Labute approximate surface area is 130 Å². The second kappa shape index (κ2) is 6.48. The zero-order valence-electron chi connectivity index (χ0n) is 12.7. The Balaban J connectivity index is 1.69. The Hall–Kier alpha value is -2.55. The van der Waals surface area contributed by atoms with E-state index in [1.807, 2.05) is 41.3 Å². The molecule has 0 spiro atoms. The first-order valence-electron chi connectivity index (χ1n) is 7.44.